The van der Waals surface area contributed by atoms with E-state index < -0.39 is 0 Å². The summed E-state index contributed by atoms with van der Waals surface area (Å²) >= 11 is 8.46. The first kappa shape index (κ1) is 12.7. The molecular formula is C14H11ClIN3. The van der Waals surface area contributed by atoms with Crippen molar-refractivity contribution in [2.24, 2.45) is 0 Å². The van der Waals surface area contributed by atoms with Gasteiger partial charge in [0.2, 0.25) is 5.95 Å². The second-order valence-corrected chi connectivity index (χ2v) is 5.93. The summed E-state index contributed by atoms with van der Waals surface area (Å²) in [5.41, 5.74) is 8.98. The molecule has 0 radical (unpaired) electrons. The number of nitrogens with two attached hydrogens (primary N) is 1. The summed E-state index contributed by atoms with van der Waals surface area (Å²) in [6.45, 7) is 0.628. The topological polar surface area (TPSA) is 43.8 Å². The summed E-state index contributed by atoms with van der Waals surface area (Å²) in [6.07, 6.45) is 0. The number of fused-ring (bicyclic) bond motifs is 1. The third kappa shape index (κ3) is 2.42. The van der Waals surface area contributed by atoms with Crippen LogP contribution in [0.5, 0.6) is 0 Å². The summed E-state index contributed by atoms with van der Waals surface area (Å²) in [7, 11) is 0. The molecule has 5 heteroatoms. The van der Waals surface area contributed by atoms with Gasteiger partial charge in [0.15, 0.2) is 0 Å². The summed E-state index contributed by atoms with van der Waals surface area (Å²) in [6, 6.07) is 13.9. The quantitative estimate of drug-likeness (QED) is 0.682. The fourth-order valence-corrected chi connectivity index (χ4v) is 2.75. The standard InChI is InChI=1S/C14H11ClIN3/c15-11-4-2-1-3-9(11)8-19-13-6-5-10(16)7-12(13)18-14(19)17/h1-7H,8H2,(H2,17,18). The summed E-state index contributed by atoms with van der Waals surface area (Å²) in [5.74, 6) is 0.511. The van der Waals surface area contributed by atoms with Crippen LogP contribution in [0.1, 0.15) is 5.56 Å². The highest BCUT2D eigenvalue weighted by atomic mass is 127. The molecule has 0 saturated carbocycles. The highest BCUT2D eigenvalue weighted by molar-refractivity contribution is 14.1. The molecule has 2 aromatic carbocycles. The van der Waals surface area contributed by atoms with Gasteiger partial charge in [-0.15, -0.1) is 0 Å². The lowest BCUT2D eigenvalue weighted by atomic mass is 10.2. The highest BCUT2D eigenvalue weighted by Crippen LogP contribution is 2.23. The molecule has 1 heterocycles. The largest absolute Gasteiger partial charge is 0.369 e. The number of aromatic nitrogens is 2. The zero-order valence-corrected chi connectivity index (χ0v) is 12.9. The molecule has 3 rings (SSSR count). The molecule has 1 aromatic heterocycles. The summed E-state index contributed by atoms with van der Waals surface area (Å²) < 4.78 is 3.12. The van der Waals surface area contributed by atoms with Crippen molar-refractivity contribution in [1.29, 1.82) is 0 Å². The third-order valence-electron chi connectivity index (χ3n) is 3.03. The van der Waals surface area contributed by atoms with Crippen LogP contribution >= 0.6 is 34.2 Å². The van der Waals surface area contributed by atoms with Crippen LogP contribution in [0.4, 0.5) is 5.95 Å². The van der Waals surface area contributed by atoms with Crippen LogP contribution in [0.2, 0.25) is 5.02 Å². The van der Waals surface area contributed by atoms with E-state index in [2.05, 4.69) is 27.6 Å². The van der Waals surface area contributed by atoms with Crippen molar-refractivity contribution in [2.75, 3.05) is 5.73 Å². The second-order valence-electron chi connectivity index (χ2n) is 4.28. The number of hydrogen-bond acceptors (Lipinski definition) is 2. The molecule has 0 atom stereocenters. The molecule has 0 aliphatic rings. The fraction of sp³-hybridized carbons (Fsp3) is 0.0714. The lowest BCUT2D eigenvalue weighted by Crippen LogP contribution is -2.04. The first-order chi connectivity index (χ1) is 9.15. The molecule has 0 spiro atoms. The van der Waals surface area contributed by atoms with Crippen LogP contribution in [0.25, 0.3) is 11.0 Å². The molecule has 3 aromatic rings. The number of anilines is 1. The van der Waals surface area contributed by atoms with Crippen molar-refractivity contribution in [3.8, 4) is 0 Å². The minimum Gasteiger partial charge on any atom is -0.369 e. The SMILES string of the molecule is Nc1nc2cc(I)ccc2n1Cc1ccccc1Cl. The minimum absolute atomic E-state index is 0.511. The van der Waals surface area contributed by atoms with Crippen LogP contribution in [0, 0.1) is 3.57 Å². The van der Waals surface area contributed by atoms with E-state index in [0.29, 0.717) is 12.5 Å². The maximum atomic E-state index is 6.19. The van der Waals surface area contributed by atoms with Crippen LogP contribution < -0.4 is 5.73 Å². The average molecular weight is 384 g/mol. The van der Waals surface area contributed by atoms with Gasteiger partial charge < -0.3 is 10.3 Å². The number of nitrogen functional groups attached to an aromatic ring is 1. The zero-order chi connectivity index (χ0) is 13.4. The Balaban J connectivity index is 2.10. The van der Waals surface area contributed by atoms with Gasteiger partial charge in [0, 0.05) is 8.59 Å². The van der Waals surface area contributed by atoms with Crippen LogP contribution in [-0.2, 0) is 6.54 Å². The third-order valence-corrected chi connectivity index (χ3v) is 4.07. The normalized spacial score (nSPS) is 11.1. The van der Waals surface area contributed by atoms with Gasteiger partial charge in [-0.1, -0.05) is 29.8 Å². The molecule has 0 aliphatic heterocycles. The average Bonchev–Trinajstić information content (AvgIpc) is 2.68. The van der Waals surface area contributed by atoms with E-state index >= 15 is 0 Å². The van der Waals surface area contributed by atoms with Crippen molar-refractivity contribution in [3.63, 3.8) is 0 Å². The zero-order valence-electron chi connectivity index (χ0n) is 9.98. The number of benzene rings is 2. The second kappa shape index (κ2) is 5.02. The molecule has 0 bridgehead atoms. The molecule has 96 valence electrons. The van der Waals surface area contributed by atoms with Crippen molar-refractivity contribution >= 4 is 51.2 Å². The number of imidazole rings is 1. The molecule has 0 aliphatic carbocycles. The Morgan fingerprint density at radius 2 is 2.00 bits per heavy atom. The van der Waals surface area contributed by atoms with Gasteiger partial charge in [0.25, 0.3) is 0 Å². The smallest absolute Gasteiger partial charge is 0.201 e. The van der Waals surface area contributed by atoms with Crippen molar-refractivity contribution in [3.05, 3.63) is 56.6 Å². The van der Waals surface area contributed by atoms with Gasteiger partial charge in [-0.25, -0.2) is 4.98 Å². The molecule has 0 amide bonds. The van der Waals surface area contributed by atoms with Gasteiger partial charge in [0.05, 0.1) is 17.6 Å². The van der Waals surface area contributed by atoms with E-state index in [1.807, 2.05) is 47.0 Å². The Labute approximate surface area is 129 Å². The first-order valence-corrected chi connectivity index (χ1v) is 7.25. The van der Waals surface area contributed by atoms with E-state index in [-0.39, 0.29) is 0 Å². The molecule has 0 unspecified atom stereocenters. The molecule has 0 fully saturated rings. The van der Waals surface area contributed by atoms with Gasteiger partial charge in [-0.3, -0.25) is 0 Å². The lowest BCUT2D eigenvalue weighted by Gasteiger charge is -2.08. The minimum atomic E-state index is 0.511. The Morgan fingerprint density at radius 3 is 2.79 bits per heavy atom. The Bertz CT molecular complexity index is 752. The molecule has 3 nitrogen and oxygen atoms in total. The number of halogens is 2. The predicted octanol–water partition coefficient (Wildman–Crippen LogP) is 3.92. The lowest BCUT2D eigenvalue weighted by molar-refractivity contribution is 0.838. The first-order valence-electron chi connectivity index (χ1n) is 5.80. The Morgan fingerprint density at radius 1 is 1.21 bits per heavy atom. The number of rotatable bonds is 2. The maximum absolute atomic E-state index is 6.19. The fourth-order valence-electron chi connectivity index (χ4n) is 2.08. The molecule has 2 N–H and O–H groups in total. The van der Waals surface area contributed by atoms with Crippen LogP contribution in [-0.4, -0.2) is 9.55 Å². The summed E-state index contributed by atoms with van der Waals surface area (Å²) in [5, 5.41) is 0.745. The number of hydrogen-bond donors (Lipinski definition) is 1. The van der Waals surface area contributed by atoms with Crippen molar-refractivity contribution < 1.29 is 0 Å². The van der Waals surface area contributed by atoms with Crippen LogP contribution in [0.3, 0.4) is 0 Å². The molecule has 19 heavy (non-hydrogen) atoms. The Hall–Kier alpha value is -1.27. The predicted molar refractivity (Wildman–Crippen MR) is 87.4 cm³/mol. The molecule has 0 saturated heterocycles. The van der Waals surface area contributed by atoms with E-state index in [0.717, 1.165) is 25.2 Å². The van der Waals surface area contributed by atoms with E-state index in [9.17, 15) is 0 Å². The summed E-state index contributed by atoms with van der Waals surface area (Å²) in [4.78, 5) is 4.39. The van der Waals surface area contributed by atoms with Gasteiger partial charge in [0.1, 0.15) is 0 Å². The van der Waals surface area contributed by atoms with Crippen molar-refractivity contribution in [1.82, 2.24) is 9.55 Å². The van der Waals surface area contributed by atoms with Gasteiger partial charge >= 0.3 is 0 Å². The Kier molecular flexibility index (Phi) is 3.36. The van der Waals surface area contributed by atoms with E-state index in [1.54, 1.807) is 0 Å². The highest BCUT2D eigenvalue weighted by Gasteiger charge is 2.10. The van der Waals surface area contributed by atoms with Crippen molar-refractivity contribution in [2.45, 2.75) is 6.54 Å². The van der Waals surface area contributed by atoms with Gasteiger partial charge in [-0.05, 0) is 52.4 Å². The monoisotopic (exact) mass is 383 g/mol. The van der Waals surface area contributed by atoms with Gasteiger partial charge in [-0.2, -0.15) is 0 Å². The van der Waals surface area contributed by atoms with E-state index in [4.69, 9.17) is 17.3 Å². The molecular weight excluding hydrogens is 373 g/mol. The van der Waals surface area contributed by atoms with E-state index in [1.165, 1.54) is 0 Å². The maximum Gasteiger partial charge on any atom is 0.201 e. The van der Waals surface area contributed by atoms with Crippen LogP contribution in [0.15, 0.2) is 42.5 Å². The number of nitrogens with zero attached hydrogens (tertiary/aromatic N) is 2.